The SMILES string of the molecule is CCCCCCCCCCCn1c(C(C)NC(=O)c2ccco2)nc2ccccc21. The molecule has 162 valence electrons. The Morgan fingerprint density at radius 2 is 1.70 bits per heavy atom. The van der Waals surface area contributed by atoms with Crippen LogP contribution in [0.5, 0.6) is 0 Å². The monoisotopic (exact) mass is 409 g/mol. The van der Waals surface area contributed by atoms with Crippen LogP contribution in [0.1, 0.15) is 94.1 Å². The van der Waals surface area contributed by atoms with Crippen molar-refractivity contribution in [2.75, 3.05) is 0 Å². The van der Waals surface area contributed by atoms with E-state index >= 15 is 0 Å². The molecule has 0 spiro atoms. The minimum absolute atomic E-state index is 0.200. The van der Waals surface area contributed by atoms with Crippen molar-refractivity contribution >= 4 is 16.9 Å². The van der Waals surface area contributed by atoms with Gasteiger partial charge in [0.2, 0.25) is 0 Å². The van der Waals surface area contributed by atoms with E-state index in [2.05, 4.69) is 22.9 Å². The number of hydrogen-bond acceptors (Lipinski definition) is 3. The molecule has 2 heterocycles. The first-order valence-corrected chi connectivity index (χ1v) is 11.5. The van der Waals surface area contributed by atoms with Crippen molar-refractivity contribution in [1.82, 2.24) is 14.9 Å². The van der Waals surface area contributed by atoms with Crippen LogP contribution in [0.25, 0.3) is 11.0 Å². The molecule has 3 rings (SSSR count). The van der Waals surface area contributed by atoms with Crippen molar-refractivity contribution in [2.45, 2.75) is 84.2 Å². The predicted molar refractivity (Wildman–Crippen MR) is 122 cm³/mol. The Kier molecular flexibility index (Phi) is 8.54. The van der Waals surface area contributed by atoms with Crippen LogP contribution in [0.15, 0.2) is 47.1 Å². The highest BCUT2D eigenvalue weighted by Crippen LogP contribution is 2.22. The van der Waals surface area contributed by atoms with Crippen LogP contribution >= 0.6 is 0 Å². The molecule has 1 atom stereocenters. The molecule has 1 amide bonds. The van der Waals surface area contributed by atoms with E-state index in [1.54, 1.807) is 12.1 Å². The zero-order valence-electron chi connectivity index (χ0n) is 18.4. The van der Waals surface area contributed by atoms with Crippen molar-refractivity contribution in [3.8, 4) is 0 Å². The smallest absolute Gasteiger partial charge is 0.287 e. The Hall–Kier alpha value is -2.56. The lowest BCUT2D eigenvalue weighted by atomic mass is 10.1. The fraction of sp³-hybridized carbons (Fsp3) is 0.520. The number of rotatable bonds is 13. The summed E-state index contributed by atoms with van der Waals surface area (Å²) in [4.78, 5) is 17.2. The molecule has 5 nitrogen and oxygen atoms in total. The fourth-order valence-electron chi connectivity index (χ4n) is 3.98. The van der Waals surface area contributed by atoms with Crippen molar-refractivity contribution in [1.29, 1.82) is 0 Å². The van der Waals surface area contributed by atoms with E-state index < -0.39 is 0 Å². The molecule has 1 N–H and O–H groups in total. The number of benzene rings is 1. The maximum atomic E-state index is 12.4. The molecule has 0 bridgehead atoms. The van der Waals surface area contributed by atoms with Gasteiger partial charge in [0.1, 0.15) is 5.82 Å². The maximum Gasteiger partial charge on any atom is 0.287 e. The van der Waals surface area contributed by atoms with Gasteiger partial charge in [0, 0.05) is 6.54 Å². The fourth-order valence-corrected chi connectivity index (χ4v) is 3.98. The molecule has 1 aromatic carbocycles. The molecular formula is C25H35N3O2. The summed E-state index contributed by atoms with van der Waals surface area (Å²) in [6, 6.07) is 11.4. The van der Waals surface area contributed by atoms with Crippen molar-refractivity contribution < 1.29 is 9.21 Å². The van der Waals surface area contributed by atoms with E-state index in [0.717, 1.165) is 29.8 Å². The highest BCUT2D eigenvalue weighted by Gasteiger charge is 2.19. The van der Waals surface area contributed by atoms with Crippen LogP contribution in [0.4, 0.5) is 0 Å². The zero-order chi connectivity index (χ0) is 21.2. The van der Waals surface area contributed by atoms with E-state index in [4.69, 9.17) is 9.40 Å². The molecule has 0 fully saturated rings. The lowest BCUT2D eigenvalue weighted by Crippen LogP contribution is -2.28. The molecule has 0 aliphatic carbocycles. The van der Waals surface area contributed by atoms with Gasteiger partial charge >= 0.3 is 0 Å². The van der Waals surface area contributed by atoms with Gasteiger partial charge in [-0.2, -0.15) is 0 Å². The van der Waals surface area contributed by atoms with Crippen LogP contribution in [-0.4, -0.2) is 15.5 Å². The zero-order valence-corrected chi connectivity index (χ0v) is 18.4. The Morgan fingerprint density at radius 3 is 2.40 bits per heavy atom. The first kappa shape index (κ1) is 22.1. The number of amides is 1. The van der Waals surface area contributed by atoms with Gasteiger partial charge in [-0.05, 0) is 37.6 Å². The summed E-state index contributed by atoms with van der Waals surface area (Å²) < 4.78 is 7.48. The predicted octanol–water partition coefficient (Wildman–Crippen LogP) is 6.65. The Bertz CT molecular complexity index is 898. The van der Waals surface area contributed by atoms with E-state index in [9.17, 15) is 4.79 Å². The normalized spacial score (nSPS) is 12.3. The number of nitrogens with zero attached hydrogens (tertiary/aromatic N) is 2. The number of aromatic nitrogens is 2. The molecular weight excluding hydrogens is 374 g/mol. The van der Waals surface area contributed by atoms with Gasteiger partial charge in [-0.3, -0.25) is 4.79 Å². The second-order valence-corrected chi connectivity index (χ2v) is 8.11. The molecule has 2 aromatic heterocycles. The standard InChI is InChI=1S/C25H35N3O2/c1-3-4-5-6-7-8-9-10-13-18-28-22-16-12-11-15-21(22)27-24(28)20(2)26-25(29)23-17-14-19-30-23/h11-12,14-17,19-20H,3-10,13,18H2,1-2H3,(H,26,29). The lowest BCUT2D eigenvalue weighted by Gasteiger charge is -2.16. The first-order chi connectivity index (χ1) is 14.7. The summed E-state index contributed by atoms with van der Waals surface area (Å²) in [5, 5.41) is 3.02. The van der Waals surface area contributed by atoms with Crippen molar-refractivity contribution in [3.05, 3.63) is 54.2 Å². The summed E-state index contributed by atoms with van der Waals surface area (Å²) in [5.74, 6) is 1.01. The Morgan fingerprint density at radius 1 is 1.00 bits per heavy atom. The highest BCUT2D eigenvalue weighted by molar-refractivity contribution is 5.91. The van der Waals surface area contributed by atoms with Crippen molar-refractivity contribution in [2.24, 2.45) is 0 Å². The van der Waals surface area contributed by atoms with Gasteiger partial charge < -0.3 is 14.3 Å². The minimum Gasteiger partial charge on any atom is -0.459 e. The minimum atomic E-state index is -0.214. The summed E-state index contributed by atoms with van der Waals surface area (Å²) >= 11 is 0. The molecule has 5 heteroatoms. The molecule has 30 heavy (non-hydrogen) atoms. The maximum absolute atomic E-state index is 12.4. The number of furan rings is 1. The van der Waals surface area contributed by atoms with Gasteiger partial charge in [0.05, 0.1) is 23.3 Å². The van der Waals surface area contributed by atoms with Gasteiger partial charge in [-0.1, -0.05) is 70.4 Å². The number of imidazole rings is 1. The molecule has 0 radical (unpaired) electrons. The van der Waals surface area contributed by atoms with E-state index in [-0.39, 0.29) is 11.9 Å². The molecule has 0 saturated carbocycles. The lowest BCUT2D eigenvalue weighted by molar-refractivity contribution is 0.0909. The van der Waals surface area contributed by atoms with E-state index in [1.807, 2.05) is 25.1 Å². The Balaban J connectivity index is 1.57. The number of carbonyl (C=O) groups excluding carboxylic acids is 1. The number of aryl methyl sites for hydroxylation is 1. The summed E-state index contributed by atoms with van der Waals surface area (Å²) in [6.07, 6.45) is 13.3. The average molecular weight is 410 g/mol. The number of carbonyl (C=O) groups is 1. The summed E-state index contributed by atoms with van der Waals surface area (Å²) in [6.45, 7) is 5.17. The second-order valence-electron chi connectivity index (χ2n) is 8.11. The topological polar surface area (TPSA) is 60.1 Å². The molecule has 1 unspecified atom stereocenters. The summed E-state index contributed by atoms with van der Waals surface area (Å²) in [7, 11) is 0. The second kappa shape index (κ2) is 11.6. The van der Waals surface area contributed by atoms with Crippen LogP contribution in [0.2, 0.25) is 0 Å². The van der Waals surface area contributed by atoms with Gasteiger partial charge in [0.25, 0.3) is 5.91 Å². The number of unbranched alkanes of at least 4 members (excludes halogenated alkanes) is 8. The van der Waals surface area contributed by atoms with E-state index in [0.29, 0.717) is 5.76 Å². The number of nitrogens with one attached hydrogen (secondary N) is 1. The van der Waals surface area contributed by atoms with Gasteiger partial charge in [0.15, 0.2) is 5.76 Å². The first-order valence-electron chi connectivity index (χ1n) is 11.5. The molecule has 0 aliphatic rings. The number of hydrogen-bond donors (Lipinski definition) is 1. The van der Waals surface area contributed by atoms with E-state index in [1.165, 1.54) is 57.6 Å². The highest BCUT2D eigenvalue weighted by atomic mass is 16.3. The number of fused-ring (bicyclic) bond motifs is 1. The van der Waals surface area contributed by atoms with Gasteiger partial charge in [-0.15, -0.1) is 0 Å². The summed E-state index contributed by atoms with van der Waals surface area (Å²) in [5.41, 5.74) is 2.11. The van der Waals surface area contributed by atoms with Gasteiger partial charge in [-0.25, -0.2) is 4.98 Å². The largest absolute Gasteiger partial charge is 0.459 e. The van der Waals surface area contributed by atoms with Crippen LogP contribution in [-0.2, 0) is 6.54 Å². The van der Waals surface area contributed by atoms with Crippen molar-refractivity contribution in [3.63, 3.8) is 0 Å². The molecule has 0 saturated heterocycles. The van der Waals surface area contributed by atoms with Crippen LogP contribution < -0.4 is 5.32 Å². The van der Waals surface area contributed by atoms with Crippen LogP contribution in [0.3, 0.4) is 0 Å². The third kappa shape index (κ3) is 5.97. The Labute approximate surface area is 179 Å². The quantitative estimate of drug-likeness (QED) is 0.321. The molecule has 3 aromatic rings. The third-order valence-electron chi connectivity index (χ3n) is 5.65. The number of para-hydroxylation sites is 2. The third-order valence-corrected chi connectivity index (χ3v) is 5.65. The van der Waals surface area contributed by atoms with Crippen LogP contribution in [0, 0.1) is 0 Å². The average Bonchev–Trinajstić information content (AvgIpc) is 3.41. The molecule has 0 aliphatic heterocycles.